The van der Waals surface area contributed by atoms with Crippen LogP contribution in [-0.4, -0.2) is 40.8 Å². The van der Waals surface area contributed by atoms with Crippen LogP contribution in [0.4, 0.5) is 0 Å². The molecule has 0 aromatic carbocycles. The number of piperidine rings is 1. The summed E-state index contributed by atoms with van der Waals surface area (Å²) in [4.78, 5) is 17.1. The number of carbonyl (C=O) groups excluding carboxylic acids is 1. The summed E-state index contributed by atoms with van der Waals surface area (Å²) >= 11 is 8.08. The van der Waals surface area contributed by atoms with Crippen LogP contribution in [0.1, 0.15) is 59.8 Å². The molecule has 4 aliphatic rings. The summed E-state index contributed by atoms with van der Waals surface area (Å²) in [5.41, 5.74) is 1.50. The number of allylic oxidation sites excluding steroid dienone is 5. The maximum atomic E-state index is 13.6. The number of carbonyl (C=O) groups is 1. The molecule has 5 atom stereocenters. The summed E-state index contributed by atoms with van der Waals surface area (Å²) < 4.78 is 0. The Morgan fingerprint density at radius 2 is 2.10 bits per heavy atom. The number of rotatable bonds is 5. The van der Waals surface area contributed by atoms with Gasteiger partial charge in [0.15, 0.2) is 0 Å². The van der Waals surface area contributed by atoms with E-state index >= 15 is 0 Å². The molecule has 0 spiro atoms. The summed E-state index contributed by atoms with van der Waals surface area (Å²) in [5, 5.41) is 7.42. The molecule has 0 bridgehead atoms. The molecule has 2 aliphatic carbocycles. The number of hydrogen-bond acceptors (Lipinski definition) is 4. The Morgan fingerprint density at radius 1 is 1.29 bits per heavy atom. The lowest BCUT2D eigenvalue weighted by atomic mass is 9.65. The van der Waals surface area contributed by atoms with Crippen LogP contribution in [0, 0.1) is 23.2 Å². The molecule has 2 N–H and O–H groups in total. The van der Waals surface area contributed by atoms with E-state index in [-0.39, 0.29) is 34.2 Å². The highest BCUT2D eigenvalue weighted by Gasteiger charge is 2.43. The lowest BCUT2D eigenvalue weighted by Gasteiger charge is -2.48. The van der Waals surface area contributed by atoms with E-state index in [0.717, 1.165) is 38.8 Å². The van der Waals surface area contributed by atoms with E-state index in [1.165, 1.54) is 17.0 Å². The van der Waals surface area contributed by atoms with Gasteiger partial charge in [-0.3, -0.25) is 10.1 Å². The van der Waals surface area contributed by atoms with E-state index in [4.69, 9.17) is 11.6 Å². The highest BCUT2D eigenvalue weighted by molar-refractivity contribution is 8.04. The molecule has 0 saturated carbocycles. The summed E-state index contributed by atoms with van der Waals surface area (Å²) in [6, 6.07) is -0.172. The van der Waals surface area contributed by atoms with Crippen molar-refractivity contribution in [3.63, 3.8) is 0 Å². The molecule has 4 unspecified atom stereocenters. The quantitative estimate of drug-likeness (QED) is 0.432. The van der Waals surface area contributed by atoms with Crippen LogP contribution in [0.2, 0.25) is 0 Å². The molecule has 31 heavy (non-hydrogen) atoms. The number of alkyl halides is 1. The smallest absolute Gasteiger partial charge is 0.240 e. The second kappa shape index (κ2) is 9.52. The minimum atomic E-state index is -0.172. The summed E-state index contributed by atoms with van der Waals surface area (Å²) in [6.07, 6.45) is 14.4. The van der Waals surface area contributed by atoms with Gasteiger partial charge in [0.2, 0.25) is 5.91 Å². The Hall–Kier alpha value is -0.910. The standard InChI is InChI=1S/C25H38ClN3OS/c1-16(2)22(28-24-27-20-7-5-6-8-21(20)31-24)23(30)29-14-13-19(25(3,4)15-29)17-9-11-18(26)12-10-17/h6,8-9,11,16-19,22,24,27-28H,5,7,10,12-15H2,1-4H3/t17?,18?,19?,22-,24?/m1/s1. The fraction of sp³-hybridized carbons (Fsp3) is 0.720. The van der Waals surface area contributed by atoms with E-state index < -0.39 is 0 Å². The molecular formula is C25H38ClN3OS. The zero-order valence-corrected chi connectivity index (χ0v) is 20.9. The van der Waals surface area contributed by atoms with Crippen LogP contribution in [0.25, 0.3) is 0 Å². The molecule has 0 aromatic heterocycles. The third kappa shape index (κ3) is 5.20. The van der Waals surface area contributed by atoms with Gasteiger partial charge in [-0.05, 0) is 55.3 Å². The molecule has 1 saturated heterocycles. The number of thioether (sulfide) groups is 1. The van der Waals surface area contributed by atoms with Gasteiger partial charge in [-0.2, -0.15) is 0 Å². The molecule has 4 nitrogen and oxygen atoms in total. The molecule has 172 valence electrons. The normalized spacial score (nSPS) is 33.4. The molecule has 2 aliphatic heterocycles. The predicted octanol–water partition coefficient (Wildman–Crippen LogP) is 5.23. The number of hydrogen-bond donors (Lipinski definition) is 2. The molecule has 2 heterocycles. The third-order valence-corrected chi connectivity index (χ3v) is 8.91. The van der Waals surface area contributed by atoms with Crippen LogP contribution in [0.3, 0.4) is 0 Å². The van der Waals surface area contributed by atoms with Crippen LogP contribution in [0.15, 0.2) is 34.9 Å². The van der Waals surface area contributed by atoms with Gasteiger partial charge in [-0.1, -0.05) is 63.8 Å². The average Bonchev–Trinajstić information content (AvgIpc) is 3.14. The van der Waals surface area contributed by atoms with Gasteiger partial charge in [0.1, 0.15) is 5.50 Å². The van der Waals surface area contributed by atoms with Crippen molar-refractivity contribution in [1.82, 2.24) is 15.5 Å². The van der Waals surface area contributed by atoms with Crippen LogP contribution >= 0.6 is 23.4 Å². The first kappa shape index (κ1) is 23.3. The van der Waals surface area contributed by atoms with Gasteiger partial charge >= 0.3 is 0 Å². The summed E-state index contributed by atoms with van der Waals surface area (Å²) in [5.74, 6) is 1.69. The van der Waals surface area contributed by atoms with E-state index in [0.29, 0.717) is 11.8 Å². The number of nitrogens with zero attached hydrogens (tertiary/aromatic N) is 1. The lowest BCUT2D eigenvalue weighted by Crippen LogP contribution is -2.58. The monoisotopic (exact) mass is 463 g/mol. The first-order chi connectivity index (χ1) is 14.7. The van der Waals surface area contributed by atoms with Crippen molar-refractivity contribution in [3.8, 4) is 0 Å². The van der Waals surface area contributed by atoms with Crippen LogP contribution in [-0.2, 0) is 4.79 Å². The zero-order chi connectivity index (χ0) is 22.2. The second-order valence-electron chi connectivity index (χ2n) is 10.6. The molecule has 0 radical (unpaired) electrons. The van der Waals surface area contributed by atoms with E-state index in [2.05, 4.69) is 67.5 Å². The van der Waals surface area contributed by atoms with Gasteiger partial charge < -0.3 is 10.2 Å². The predicted molar refractivity (Wildman–Crippen MR) is 132 cm³/mol. The van der Waals surface area contributed by atoms with Crippen molar-refractivity contribution in [3.05, 3.63) is 34.9 Å². The molecule has 1 amide bonds. The summed E-state index contributed by atoms with van der Waals surface area (Å²) in [7, 11) is 0. The SMILES string of the molecule is CC(C)[C@@H](NC1NC2=C(C=CCC2)S1)C(=O)N1CCC(C2C=CC(Cl)CC2)C(C)(C)C1. The first-order valence-corrected chi connectivity index (χ1v) is 13.3. The highest BCUT2D eigenvalue weighted by atomic mass is 35.5. The van der Waals surface area contributed by atoms with Gasteiger partial charge in [0.25, 0.3) is 0 Å². The van der Waals surface area contributed by atoms with Crippen molar-refractivity contribution < 1.29 is 4.79 Å². The summed E-state index contributed by atoms with van der Waals surface area (Å²) in [6.45, 7) is 10.7. The lowest BCUT2D eigenvalue weighted by molar-refractivity contribution is -0.139. The Kier molecular flexibility index (Phi) is 7.15. The minimum absolute atomic E-state index is 0.0746. The average molecular weight is 464 g/mol. The van der Waals surface area contributed by atoms with Crippen LogP contribution < -0.4 is 10.6 Å². The number of halogens is 1. The van der Waals surface area contributed by atoms with Crippen molar-refractivity contribution in [2.75, 3.05) is 13.1 Å². The Bertz CT molecular complexity index is 775. The fourth-order valence-corrected chi connectivity index (χ4v) is 7.05. The third-order valence-electron chi connectivity index (χ3n) is 7.43. The second-order valence-corrected chi connectivity index (χ2v) is 12.3. The Labute approximate surface area is 197 Å². The van der Waals surface area contributed by atoms with Gasteiger partial charge in [-0.25, -0.2) is 0 Å². The van der Waals surface area contributed by atoms with Crippen molar-refractivity contribution in [1.29, 1.82) is 0 Å². The number of amides is 1. The topological polar surface area (TPSA) is 44.4 Å². The maximum absolute atomic E-state index is 13.6. The van der Waals surface area contributed by atoms with Crippen molar-refractivity contribution >= 4 is 29.3 Å². The van der Waals surface area contributed by atoms with E-state index in [1.807, 2.05) is 0 Å². The Morgan fingerprint density at radius 3 is 2.74 bits per heavy atom. The largest absolute Gasteiger partial charge is 0.363 e. The van der Waals surface area contributed by atoms with Crippen LogP contribution in [0.5, 0.6) is 0 Å². The maximum Gasteiger partial charge on any atom is 0.240 e. The molecule has 1 fully saturated rings. The molecule has 4 rings (SSSR count). The van der Waals surface area contributed by atoms with Gasteiger partial charge in [0.05, 0.1) is 11.4 Å². The zero-order valence-electron chi connectivity index (χ0n) is 19.4. The molecule has 0 aromatic rings. The van der Waals surface area contributed by atoms with Gasteiger partial charge in [-0.15, -0.1) is 11.6 Å². The van der Waals surface area contributed by atoms with Gasteiger partial charge in [0, 0.05) is 23.7 Å². The fourth-order valence-electron chi connectivity index (χ4n) is 5.69. The first-order valence-electron chi connectivity index (χ1n) is 11.9. The van der Waals surface area contributed by atoms with E-state index in [1.54, 1.807) is 11.8 Å². The Balaban J connectivity index is 1.38. The highest BCUT2D eigenvalue weighted by Crippen LogP contribution is 2.44. The number of likely N-dealkylation sites (tertiary alicyclic amines) is 1. The van der Waals surface area contributed by atoms with E-state index in [9.17, 15) is 4.79 Å². The van der Waals surface area contributed by atoms with Crippen molar-refractivity contribution in [2.45, 2.75) is 76.7 Å². The minimum Gasteiger partial charge on any atom is -0.363 e. The molecule has 6 heteroatoms. The van der Waals surface area contributed by atoms with Crippen molar-refractivity contribution in [2.24, 2.45) is 23.2 Å². The molecular weight excluding hydrogens is 426 g/mol. The number of nitrogens with one attached hydrogen (secondary N) is 2.